The number of methoxy groups -OCH3 is 3. The maximum atomic E-state index is 13.9. The molecular formula is C116H136N4O20. The van der Waals surface area contributed by atoms with Crippen LogP contribution in [0.1, 0.15) is 292 Å². The van der Waals surface area contributed by atoms with Gasteiger partial charge in [0.05, 0.1) is 97.9 Å². The lowest BCUT2D eigenvalue weighted by Gasteiger charge is -2.34. The Morgan fingerprint density at radius 3 is 1.04 bits per heavy atom. The van der Waals surface area contributed by atoms with Crippen LogP contribution in [0.4, 0.5) is 22.7 Å². The standard InChI is InChI=1S/C32H39NO5.C29H33NO5.C29H35NO5.C26H29NO5/c1-7-9-28(37-16-8-2)23-14-15-29-24(17-23)25-18-27(26(32(35)36-6)19-30(25)38-29)33(20(3)4)31(34)22-12-10-21(5)11-13-22;1-17(2)30(28(31)19-9-7-18(3)8-10-19)24-15-22-21-14-20(25-6-4-5-13-34-25)11-12-26(21)35-27(22)16-23(24)29(32)33;1-6-7-25(31)20-12-13-26-21(14-20)22-15-24(23(29(33)34-5)16-27(22)35-26)30(17(2)3)28(32)19-10-8-18(4)9-11-19;1-15(2)27(25(29)18-8-5-16(3)6-9-18)22-12-20-19-11-17(14-28)7-10-23(19)32-24(20)13-21(22)26(30)31-4/h7-8,14-15,17-22,28H,1-2,9-13,16H2,3-6H3;4-5,11-12,14-19,25H,6-10,13H2,1-3H3,(H,32,33);6,12-19,25,31H,1,7-11H2,2-5H3;7,10-16,18H,5-6,8-9H2,1-4H3. The summed E-state index contributed by atoms with van der Waals surface area (Å²) in [7, 11) is 4.02. The molecule has 24 heteroatoms. The molecule has 17 rings (SSSR count). The molecule has 12 aromatic rings. The summed E-state index contributed by atoms with van der Waals surface area (Å²) in [5.74, 6) is -0.131. The van der Waals surface area contributed by atoms with Crippen LogP contribution in [0, 0.1) is 47.3 Å². The summed E-state index contributed by atoms with van der Waals surface area (Å²) in [4.78, 5) is 124. The second-order valence-electron chi connectivity index (χ2n) is 40.0. The molecule has 0 radical (unpaired) electrons. The Morgan fingerprint density at radius 2 is 0.707 bits per heavy atom. The molecule has 3 atom stereocenters. The number of carboxylic acids is 1. The first-order valence-corrected chi connectivity index (χ1v) is 49.9. The van der Waals surface area contributed by atoms with E-state index in [0.717, 1.165) is 175 Å². The Morgan fingerprint density at radius 1 is 0.386 bits per heavy atom. The van der Waals surface area contributed by atoms with Gasteiger partial charge in [0.15, 0.2) is 0 Å². The number of benzene rings is 8. The number of furan rings is 4. The maximum absolute atomic E-state index is 13.9. The molecule has 0 bridgehead atoms. The van der Waals surface area contributed by atoms with Gasteiger partial charge in [-0.25, -0.2) is 19.2 Å². The molecule has 8 aromatic carbocycles. The summed E-state index contributed by atoms with van der Waals surface area (Å²) in [5.41, 5.74) is 11.1. The number of aliphatic hydroxyl groups is 1. The highest BCUT2D eigenvalue weighted by Crippen LogP contribution is 2.47. The van der Waals surface area contributed by atoms with Crippen molar-refractivity contribution in [2.24, 2.45) is 47.3 Å². The van der Waals surface area contributed by atoms with Crippen molar-refractivity contribution in [2.75, 3.05) is 54.1 Å². The minimum atomic E-state index is -1.07. The lowest BCUT2D eigenvalue weighted by atomic mass is 9.82. The van der Waals surface area contributed by atoms with Crippen molar-refractivity contribution >= 4 is 164 Å². The summed E-state index contributed by atoms with van der Waals surface area (Å²) in [6.45, 7) is 37.0. The predicted octanol–water partition coefficient (Wildman–Crippen LogP) is 26.9. The van der Waals surface area contributed by atoms with Gasteiger partial charge in [0.25, 0.3) is 0 Å². The first-order valence-electron chi connectivity index (χ1n) is 49.9. The van der Waals surface area contributed by atoms with E-state index in [1.54, 1.807) is 74.2 Å². The molecule has 4 fully saturated rings. The number of hydrogen-bond acceptors (Lipinski definition) is 19. The fraction of sp³-hybridized carbons (Fsp3) is 0.440. The fourth-order valence-corrected chi connectivity index (χ4v) is 20.9. The molecule has 5 aliphatic rings. The molecule has 4 aliphatic carbocycles. The second-order valence-corrected chi connectivity index (χ2v) is 40.0. The number of nitrogens with zero attached hydrogens (tertiary/aromatic N) is 4. The van der Waals surface area contributed by atoms with E-state index in [2.05, 4.69) is 65.6 Å². The first-order chi connectivity index (χ1) is 67.2. The number of rotatable bonds is 27. The molecule has 5 heterocycles. The van der Waals surface area contributed by atoms with Gasteiger partial charge in [0.1, 0.15) is 51.0 Å². The van der Waals surface area contributed by atoms with Crippen LogP contribution in [0.3, 0.4) is 0 Å². The van der Waals surface area contributed by atoms with E-state index in [4.69, 9.17) is 41.4 Å². The number of carboxylic acid groups (broad SMARTS) is 1. The average Bonchev–Trinajstić information content (AvgIpc) is 1.59. The Bertz CT molecular complexity index is 6640. The van der Waals surface area contributed by atoms with Gasteiger partial charge >= 0.3 is 23.9 Å². The number of aromatic carboxylic acids is 1. The lowest BCUT2D eigenvalue weighted by Crippen LogP contribution is -2.43. The van der Waals surface area contributed by atoms with Crippen LogP contribution in [0.5, 0.6) is 0 Å². The molecule has 0 spiro atoms. The number of aliphatic hydroxyl groups excluding tert-OH is 1. The van der Waals surface area contributed by atoms with E-state index >= 15 is 0 Å². The maximum Gasteiger partial charge on any atom is 0.340 e. The number of anilines is 4. The molecule has 2 N–H and O–H groups in total. The van der Waals surface area contributed by atoms with Crippen molar-refractivity contribution in [1.82, 2.24) is 0 Å². The van der Waals surface area contributed by atoms with E-state index < -0.39 is 30.0 Å². The highest BCUT2D eigenvalue weighted by molar-refractivity contribution is 6.17. The van der Waals surface area contributed by atoms with Gasteiger partial charge in [-0.3, -0.25) is 24.0 Å². The number of fused-ring (bicyclic) bond motifs is 12. The smallest absolute Gasteiger partial charge is 0.340 e. The third-order valence-corrected chi connectivity index (χ3v) is 28.8. The topological polar surface area (TPSA) is 306 Å². The number of aldehydes is 1. The Hall–Kier alpha value is -12.8. The van der Waals surface area contributed by atoms with Crippen LogP contribution in [0.25, 0.3) is 87.8 Å². The van der Waals surface area contributed by atoms with Crippen molar-refractivity contribution in [1.29, 1.82) is 0 Å². The molecule has 1 aliphatic heterocycles. The minimum Gasteiger partial charge on any atom is -0.478 e. The van der Waals surface area contributed by atoms with Gasteiger partial charge in [-0.1, -0.05) is 76.3 Å². The molecule has 140 heavy (non-hydrogen) atoms. The number of esters is 3. The minimum absolute atomic E-state index is 0.0182. The fourth-order valence-electron chi connectivity index (χ4n) is 20.9. The van der Waals surface area contributed by atoms with Gasteiger partial charge in [-0.05, 0) is 321 Å². The average molecular weight is 1910 g/mol. The van der Waals surface area contributed by atoms with Crippen molar-refractivity contribution in [3.63, 3.8) is 0 Å². The SMILES string of the molecule is C=CCC(O)c1ccc2oc3cc(C(=O)OC)c(N(C(=O)C4CCC(C)CC4)C(C)C)cc3c2c1.C=CCOC(CC=C)c1ccc2oc3cc(C(=O)OC)c(N(C(=O)C4CCC(C)CC4)C(C)C)cc3c2c1.CC1CCC(C(=O)N(c2cc3c(cc2C(=O)O)oc2ccc(C4CC=CCO4)cc23)C(C)C)CC1.COC(=O)c1cc2oc3ccc(C=O)cc3c2cc1N(C(=O)C1CCC(C)CC1)C(C)C. The van der Waals surface area contributed by atoms with Gasteiger partial charge in [0, 0.05) is 96.5 Å². The van der Waals surface area contributed by atoms with Gasteiger partial charge in [0.2, 0.25) is 23.6 Å². The lowest BCUT2D eigenvalue weighted by molar-refractivity contribution is -0.124. The summed E-state index contributed by atoms with van der Waals surface area (Å²) in [5, 5.41) is 27.1. The summed E-state index contributed by atoms with van der Waals surface area (Å²) < 4.78 is 51.4. The van der Waals surface area contributed by atoms with Crippen LogP contribution in [0.2, 0.25) is 0 Å². The molecule has 4 saturated carbocycles. The van der Waals surface area contributed by atoms with Crippen LogP contribution >= 0.6 is 0 Å². The zero-order chi connectivity index (χ0) is 100. The van der Waals surface area contributed by atoms with Crippen molar-refractivity contribution in [3.8, 4) is 0 Å². The van der Waals surface area contributed by atoms with Gasteiger partial charge < -0.3 is 71.2 Å². The largest absolute Gasteiger partial charge is 0.478 e. The van der Waals surface area contributed by atoms with Crippen LogP contribution in [0.15, 0.2) is 189 Å². The Balaban J connectivity index is 0.000000149. The van der Waals surface area contributed by atoms with E-state index in [1.807, 2.05) is 134 Å². The Kier molecular flexibility index (Phi) is 33.6. The number of carbonyl (C=O) groups excluding carboxylic acids is 8. The molecular weight excluding hydrogens is 1770 g/mol. The van der Waals surface area contributed by atoms with E-state index in [0.29, 0.717) is 139 Å². The highest BCUT2D eigenvalue weighted by atomic mass is 16.5. The monoisotopic (exact) mass is 1900 g/mol. The molecule has 24 nitrogen and oxygen atoms in total. The van der Waals surface area contributed by atoms with E-state index in [9.17, 15) is 53.4 Å². The van der Waals surface area contributed by atoms with E-state index in [-0.39, 0.29) is 89.2 Å². The van der Waals surface area contributed by atoms with Gasteiger partial charge in [-0.2, -0.15) is 0 Å². The molecule has 4 aromatic heterocycles. The molecule has 4 amide bonds. The zero-order valence-corrected chi connectivity index (χ0v) is 83.7. The van der Waals surface area contributed by atoms with Crippen LogP contribution in [-0.4, -0.2) is 123 Å². The van der Waals surface area contributed by atoms with Gasteiger partial charge in [-0.15, -0.1) is 19.7 Å². The third-order valence-electron chi connectivity index (χ3n) is 28.8. The summed E-state index contributed by atoms with van der Waals surface area (Å²) >= 11 is 0. The Labute approximate surface area is 819 Å². The zero-order valence-electron chi connectivity index (χ0n) is 83.7. The third kappa shape index (κ3) is 22.5. The number of hydrogen-bond donors (Lipinski definition) is 2. The summed E-state index contributed by atoms with van der Waals surface area (Å²) in [6, 6.07) is 36.1. The van der Waals surface area contributed by atoms with Crippen LogP contribution in [-0.2, 0) is 42.9 Å². The normalized spacial score (nSPS) is 19.8. The number of ether oxygens (including phenoxy) is 5. The van der Waals surface area contributed by atoms with E-state index in [1.165, 1.54) is 21.3 Å². The molecule has 740 valence electrons. The van der Waals surface area contributed by atoms with Crippen molar-refractivity contribution < 1.29 is 94.7 Å². The quantitative estimate of drug-likeness (QED) is 0.0209. The molecule has 0 saturated heterocycles. The summed E-state index contributed by atoms with van der Waals surface area (Å²) in [6.07, 6.45) is 26.4. The van der Waals surface area contributed by atoms with Crippen LogP contribution < -0.4 is 19.6 Å². The van der Waals surface area contributed by atoms with Crippen molar-refractivity contribution in [3.05, 3.63) is 216 Å². The number of amides is 4. The molecule has 3 unspecified atom stereocenters. The van der Waals surface area contributed by atoms with Crippen molar-refractivity contribution in [2.45, 2.75) is 248 Å². The first kappa shape index (κ1) is 103. The predicted molar refractivity (Wildman–Crippen MR) is 552 cm³/mol. The second kappa shape index (κ2) is 45.7. The highest BCUT2D eigenvalue weighted by Gasteiger charge is 2.40. The number of carbonyl (C=O) groups is 9.